The quantitative estimate of drug-likeness (QED) is 0.825. The van der Waals surface area contributed by atoms with E-state index >= 15 is 0 Å². The number of thioether (sulfide) groups is 1. The van der Waals surface area contributed by atoms with E-state index < -0.39 is 0 Å². The van der Waals surface area contributed by atoms with E-state index in [4.69, 9.17) is 0 Å². The molecule has 6 nitrogen and oxygen atoms in total. The lowest BCUT2D eigenvalue weighted by molar-refractivity contribution is -0.133. The molecular weight excluding hydrogens is 300 g/mol. The van der Waals surface area contributed by atoms with Gasteiger partial charge in [0.1, 0.15) is 0 Å². The van der Waals surface area contributed by atoms with Crippen molar-refractivity contribution in [2.24, 2.45) is 0 Å². The molecular formula is C15H28N4O2S. The maximum absolute atomic E-state index is 12.4. The van der Waals surface area contributed by atoms with E-state index in [0.717, 1.165) is 31.1 Å². The highest BCUT2D eigenvalue weighted by Crippen LogP contribution is 2.13. The Balaban J connectivity index is 1.76. The third-order valence-electron chi connectivity index (χ3n) is 4.36. The summed E-state index contributed by atoms with van der Waals surface area (Å²) in [7, 11) is 0. The standard InChI is InChI=1S/C15H28N4O2S/c1-3-17(4-2)15(21)19-8-6-18(7-9-19)14(20)11-13-12-22-10-5-16-13/h13,16H,3-12H2,1-2H3. The van der Waals surface area contributed by atoms with Crippen molar-refractivity contribution in [2.45, 2.75) is 26.3 Å². The third-order valence-corrected chi connectivity index (χ3v) is 5.49. The van der Waals surface area contributed by atoms with Gasteiger partial charge in [0.2, 0.25) is 5.91 Å². The van der Waals surface area contributed by atoms with Crippen LogP contribution < -0.4 is 5.32 Å². The molecule has 0 bridgehead atoms. The number of amides is 3. The molecule has 22 heavy (non-hydrogen) atoms. The van der Waals surface area contributed by atoms with Crippen LogP contribution in [0.3, 0.4) is 0 Å². The van der Waals surface area contributed by atoms with Crippen LogP contribution in [0.5, 0.6) is 0 Å². The second-order valence-electron chi connectivity index (χ2n) is 5.75. The van der Waals surface area contributed by atoms with Crippen molar-refractivity contribution in [1.29, 1.82) is 0 Å². The molecule has 0 saturated carbocycles. The number of carbonyl (C=O) groups excluding carboxylic acids is 2. The molecule has 126 valence electrons. The summed E-state index contributed by atoms with van der Waals surface area (Å²) in [5.41, 5.74) is 0. The van der Waals surface area contributed by atoms with E-state index in [-0.39, 0.29) is 11.9 Å². The first-order chi connectivity index (χ1) is 10.7. The predicted molar refractivity (Wildman–Crippen MR) is 90.2 cm³/mol. The topological polar surface area (TPSA) is 55.9 Å². The molecule has 0 radical (unpaired) electrons. The molecule has 7 heteroatoms. The minimum atomic E-state index is 0.0995. The van der Waals surface area contributed by atoms with E-state index in [0.29, 0.717) is 38.6 Å². The molecule has 2 aliphatic rings. The third kappa shape index (κ3) is 4.52. The number of hydrogen-bond donors (Lipinski definition) is 1. The SMILES string of the molecule is CCN(CC)C(=O)N1CCN(C(=O)CC2CSCCN2)CC1. The number of urea groups is 1. The Hall–Kier alpha value is -0.950. The lowest BCUT2D eigenvalue weighted by Gasteiger charge is -2.37. The summed E-state index contributed by atoms with van der Waals surface area (Å²) in [6, 6.07) is 0.407. The predicted octanol–water partition coefficient (Wildman–Crippen LogP) is 0.688. The Morgan fingerprint density at radius 2 is 1.77 bits per heavy atom. The number of nitrogens with one attached hydrogen (secondary N) is 1. The number of rotatable bonds is 4. The molecule has 1 N–H and O–H groups in total. The van der Waals surface area contributed by atoms with Crippen molar-refractivity contribution >= 4 is 23.7 Å². The Labute approximate surface area is 137 Å². The molecule has 2 heterocycles. The van der Waals surface area contributed by atoms with Crippen LogP contribution in [0.25, 0.3) is 0 Å². The second-order valence-corrected chi connectivity index (χ2v) is 6.90. The summed E-state index contributed by atoms with van der Waals surface area (Å²) in [4.78, 5) is 30.3. The smallest absolute Gasteiger partial charge is 0.320 e. The first-order valence-corrected chi connectivity index (χ1v) is 9.43. The van der Waals surface area contributed by atoms with E-state index in [9.17, 15) is 9.59 Å². The first-order valence-electron chi connectivity index (χ1n) is 8.28. The van der Waals surface area contributed by atoms with E-state index in [1.54, 1.807) is 0 Å². The van der Waals surface area contributed by atoms with Gasteiger partial charge in [0.05, 0.1) is 0 Å². The van der Waals surface area contributed by atoms with E-state index in [1.807, 2.05) is 40.3 Å². The molecule has 2 saturated heterocycles. The largest absolute Gasteiger partial charge is 0.339 e. The molecule has 1 atom stereocenters. The van der Waals surface area contributed by atoms with Crippen LogP contribution in [0.1, 0.15) is 20.3 Å². The highest BCUT2D eigenvalue weighted by Gasteiger charge is 2.27. The van der Waals surface area contributed by atoms with Gasteiger partial charge in [-0.15, -0.1) is 0 Å². The Morgan fingerprint density at radius 3 is 2.32 bits per heavy atom. The molecule has 0 aromatic carbocycles. The van der Waals surface area contributed by atoms with Gasteiger partial charge in [-0.25, -0.2) is 4.79 Å². The Morgan fingerprint density at radius 1 is 1.14 bits per heavy atom. The average Bonchev–Trinajstić information content (AvgIpc) is 2.57. The van der Waals surface area contributed by atoms with E-state index in [2.05, 4.69) is 5.32 Å². The highest BCUT2D eigenvalue weighted by atomic mass is 32.2. The number of nitrogens with zero attached hydrogens (tertiary/aromatic N) is 3. The number of carbonyl (C=O) groups is 2. The van der Waals surface area contributed by atoms with Crippen LogP contribution in [0, 0.1) is 0 Å². The zero-order chi connectivity index (χ0) is 15.9. The maximum atomic E-state index is 12.4. The molecule has 2 aliphatic heterocycles. The van der Waals surface area contributed by atoms with Crippen molar-refractivity contribution in [3.8, 4) is 0 Å². The van der Waals surface area contributed by atoms with Gasteiger partial charge in [-0.3, -0.25) is 4.79 Å². The van der Waals surface area contributed by atoms with Crippen LogP contribution >= 0.6 is 11.8 Å². The minimum Gasteiger partial charge on any atom is -0.339 e. The maximum Gasteiger partial charge on any atom is 0.320 e. The van der Waals surface area contributed by atoms with Crippen LogP contribution in [0.15, 0.2) is 0 Å². The van der Waals surface area contributed by atoms with Crippen molar-refractivity contribution in [3.63, 3.8) is 0 Å². The first kappa shape index (κ1) is 17.4. The summed E-state index contributed by atoms with van der Waals surface area (Å²) in [6.07, 6.45) is 0.580. The van der Waals surface area contributed by atoms with E-state index in [1.165, 1.54) is 0 Å². The van der Waals surface area contributed by atoms with Crippen molar-refractivity contribution in [3.05, 3.63) is 0 Å². The van der Waals surface area contributed by atoms with Crippen molar-refractivity contribution < 1.29 is 9.59 Å². The normalized spacial score (nSPS) is 22.5. The fourth-order valence-electron chi connectivity index (χ4n) is 2.93. The van der Waals surface area contributed by atoms with Crippen LogP contribution in [-0.4, -0.2) is 90.0 Å². The van der Waals surface area contributed by atoms with Crippen molar-refractivity contribution in [2.75, 3.05) is 57.3 Å². The van der Waals surface area contributed by atoms with Gasteiger partial charge < -0.3 is 20.0 Å². The summed E-state index contributed by atoms with van der Waals surface area (Å²) in [5.74, 6) is 2.37. The minimum absolute atomic E-state index is 0.0995. The molecule has 1 unspecified atom stereocenters. The highest BCUT2D eigenvalue weighted by molar-refractivity contribution is 7.99. The second kappa shape index (κ2) is 8.62. The van der Waals surface area contributed by atoms with Gasteiger partial charge in [0, 0.05) is 69.8 Å². The zero-order valence-corrected chi connectivity index (χ0v) is 14.5. The molecule has 2 fully saturated rings. The fraction of sp³-hybridized carbons (Fsp3) is 0.867. The lowest BCUT2D eigenvalue weighted by Crippen LogP contribution is -2.54. The lowest BCUT2D eigenvalue weighted by atomic mass is 10.2. The summed E-state index contributed by atoms with van der Waals surface area (Å²) in [6.45, 7) is 9.07. The van der Waals surface area contributed by atoms with Crippen molar-refractivity contribution in [1.82, 2.24) is 20.0 Å². The molecule has 0 aromatic rings. The molecule has 3 amide bonds. The summed E-state index contributed by atoms with van der Waals surface area (Å²) >= 11 is 1.91. The van der Waals surface area contributed by atoms with Gasteiger partial charge in [-0.1, -0.05) is 0 Å². The summed E-state index contributed by atoms with van der Waals surface area (Å²) in [5, 5.41) is 3.41. The van der Waals surface area contributed by atoms with Gasteiger partial charge >= 0.3 is 6.03 Å². The average molecular weight is 328 g/mol. The zero-order valence-electron chi connectivity index (χ0n) is 13.7. The molecule has 0 aromatic heterocycles. The fourth-order valence-corrected chi connectivity index (χ4v) is 3.88. The van der Waals surface area contributed by atoms with Gasteiger partial charge in [-0.05, 0) is 13.8 Å². The van der Waals surface area contributed by atoms with Crippen LogP contribution in [-0.2, 0) is 4.79 Å². The summed E-state index contributed by atoms with van der Waals surface area (Å²) < 4.78 is 0. The monoisotopic (exact) mass is 328 g/mol. The van der Waals surface area contributed by atoms with Crippen LogP contribution in [0.4, 0.5) is 4.79 Å². The van der Waals surface area contributed by atoms with Crippen LogP contribution in [0.2, 0.25) is 0 Å². The number of piperazine rings is 1. The molecule has 0 aliphatic carbocycles. The molecule has 0 spiro atoms. The van der Waals surface area contributed by atoms with Gasteiger partial charge in [-0.2, -0.15) is 11.8 Å². The number of hydrogen-bond acceptors (Lipinski definition) is 4. The Kier molecular flexibility index (Phi) is 6.82. The Bertz CT molecular complexity index is 376. The van der Waals surface area contributed by atoms with Gasteiger partial charge in [0.15, 0.2) is 0 Å². The molecule has 2 rings (SSSR count). The van der Waals surface area contributed by atoms with Gasteiger partial charge in [0.25, 0.3) is 0 Å².